The van der Waals surface area contributed by atoms with Crippen LogP contribution in [0.5, 0.6) is 0 Å². The highest BCUT2D eigenvalue weighted by Crippen LogP contribution is 2.14. The van der Waals surface area contributed by atoms with Gasteiger partial charge in [-0.3, -0.25) is 5.32 Å². The molecule has 3 nitrogen and oxygen atoms in total. The minimum Gasteiger partial charge on any atom is -0.449 e. The topological polar surface area (TPSA) is 38.3 Å². The normalized spacial score (nSPS) is 29.1. The van der Waals surface area contributed by atoms with E-state index in [1.54, 1.807) is 0 Å². The number of alkyl carbamates (subject to hydrolysis) is 1. The van der Waals surface area contributed by atoms with Gasteiger partial charge in [0.15, 0.2) is 0 Å². The average Bonchev–Trinajstić information content (AvgIpc) is 2.13. The van der Waals surface area contributed by atoms with Crippen molar-refractivity contribution >= 4 is 6.09 Å². The molecular formula is C8H13NO2. The maximum atomic E-state index is 10.8. The van der Waals surface area contributed by atoms with Crippen molar-refractivity contribution < 1.29 is 9.53 Å². The maximum Gasteiger partial charge on any atom is 0.411 e. The first-order valence-corrected chi connectivity index (χ1v) is 3.84. The first-order chi connectivity index (χ1) is 5.24. The summed E-state index contributed by atoms with van der Waals surface area (Å²) in [6.45, 7) is 4.51. The summed E-state index contributed by atoms with van der Waals surface area (Å²) in [7, 11) is 0. The van der Waals surface area contributed by atoms with E-state index in [0.717, 1.165) is 12.1 Å². The standard InChI is InChI=1S/C8H13NO2/c1-3-7-6(2)4-5-11-8(10)9-7/h3,6H,4-5H2,1-2H3,(H,9,10)/b7-3+. The van der Waals surface area contributed by atoms with E-state index in [0.29, 0.717) is 12.5 Å². The van der Waals surface area contributed by atoms with Crippen LogP contribution in [0.2, 0.25) is 0 Å². The predicted molar refractivity (Wildman–Crippen MR) is 42.0 cm³/mol. The molecule has 1 aliphatic rings. The highest BCUT2D eigenvalue weighted by Gasteiger charge is 2.16. The molecule has 1 aliphatic heterocycles. The van der Waals surface area contributed by atoms with Gasteiger partial charge in [0, 0.05) is 5.70 Å². The Labute approximate surface area is 66.4 Å². The second-order valence-corrected chi connectivity index (χ2v) is 2.69. The van der Waals surface area contributed by atoms with E-state index in [4.69, 9.17) is 4.74 Å². The molecule has 0 aromatic heterocycles. The molecule has 62 valence electrons. The van der Waals surface area contributed by atoms with Crippen LogP contribution >= 0.6 is 0 Å². The molecule has 1 saturated heterocycles. The molecule has 0 aromatic rings. The Morgan fingerprint density at radius 2 is 2.45 bits per heavy atom. The van der Waals surface area contributed by atoms with Gasteiger partial charge < -0.3 is 4.74 Å². The largest absolute Gasteiger partial charge is 0.449 e. The molecule has 0 bridgehead atoms. The van der Waals surface area contributed by atoms with E-state index >= 15 is 0 Å². The van der Waals surface area contributed by atoms with Gasteiger partial charge in [-0.05, 0) is 19.3 Å². The fourth-order valence-corrected chi connectivity index (χ4v) is 1.12. The number of nitrogens with one attached hydrogen (secondary N) is 1. The zero-order valence-corrected chi connectivity index (χ0v) is 6.89. The molecule has 1 atom stereocenters. The number of allylic oxidation sites excluding steroid dienone is 2. The van der Waals surface area contributed by atoms with Crippen LogP contribution in [0.3, 0.4) is 0 Å². The van der Waals surface area contributed by atoms with Crippen molar-refractivity contribution in [2.75, 3.05) is 6.61 Å². The second kappa shape index (κ2) is 3.42. The third kappa shape index (κ3) is 1.97. The molecule has 11 heavy (non-hydrogen) atoms. The number of ether oxygens (including phenoxy) is 1. The van der Waals surface area contributed by atoms with Gasteiger partial charge >= 0.3 is 6.09 Å². The van der Waals surface area contributed by atoms with Crippen molar-refractivity contribution in [2.45, 2.75) is 20.3 Å². The van der Waals surface area contributed by atoms with Gasteiger partial charge in [0.05, 0.1) is 6.61 Å². The highest BCUT2D eigenvalue weighted by molar-refractivity contribution is 5.69. The summed E-state index contributed by atoms with van der Waals surface area (Å²) in [6, 6.07) is 0. The molecule has 1 heterocycles. The Kier molecular flexibility index (Phi) is 2.52. The van der Waals surface area contributed by atoms with E-state index in [-0.39, 0.29) is 6.09 Å². The molecular weight excluding hydrogens is 142 g/mol. The quantitative estimate of drug-likeness (QED) is 0.577. The van der Waals surface area contributed by atoms with Gasteiger partial charge in [-0.25, -0.2) is 4.79 Å². The smallest absolute Gasteiger partial charge is 0.411 e. The Hall–Kier alpha value is -0.990. The van der Waals surface area contributed by atoms with Gasteiger partial charge in [0.1, 0.15) is 0 Å². The summed E-state index contributed by atoms with van der Waals surface area (Å²) in [6.07, 6.45) is 2.48. The summed E-state index contributed by atoms with van der Waals surface area (Å²) in [5, 5.41) is 2.68. The monoisotopic (exact) mass is 155 g/mol. The fourth-order valence-electron chi connectivity index (χ4n) is 1.12. The van der Waals surface area contributed by atoms with Crippen LogP contribution in [-0.4, -0.2) is 12.7 Å². The van der Waals surface area contributed by atoms with Gasteiger partial charge in [-0.15, -0.1) is 0 Å². The van der Waals surface area contributed by atoms with Crippen molar-refractivity contribution in [3.05, 3.63) is 11.8 Å². The Morgan fingerprint density at radius 3 is 3.09 bits per heavy atom. The molecule has 1 N–H and O–H groups in total. The molecule has 0 aromatic carbocycles. The van der Waals surface area contributed by atoms with Gasteiger partial charge in [-0.2, -0.15) is 0 Å². The van der Waals surface area contributed by atoms with Crippen LogP contribution in [-0.2, 0) is 4.74 Å². The fraction of sp³-hybridized carbons (Fsp3) is 0.625. The summed E-state index contributed by atoms with van der Waals surface area (Å²) in [4.78, 5) is 10.8. The van der Waals surface area contributed by atoms with Crippen LogP contribution < -0.4 is 5.32 Å². The molecule has 0 saturated carbocycles. The third-order valence-corrected chi connectivity index (χ3v) is 1.87. The van der Waals surface area contributed by atoms with Gasteiger partial charge in [-0.1, -0.05) is 13.0 Å². The zero-order chi connectivity index (χ0) is 8.27. The highest BCUT2D eigenvalue weighted by atomic mass is 16.5. The Balaban J connectivity index is 2.67. The number of cyclic esters (lactones) is 1. The molecule has 3 heteroatoms. The van der Waals surface area contributed by atoms with Crippen LogP contribution in [0.25, 0.3) is 0 Å². The van der Waals surface area contributed by atoms with E-state index in [9.17, 15) is 4.79 Å². The molecule has 1 fully saturated rings. The molecule has 0 radical (unpaired) electrons. The van der Waals surface area contributed by atoms with E-state index in [1.165, 1.54) is 0 Å². The Morgan fingerprint density at radius 1 is 1.73 bits per heavy atom. The lowest BCUT2D eigenvalue weighted by Gasteiger charge is -2.08. The summed E-state index contributed by atoms with van der Waals surface area (Å²) in [5.41, 5.74) is 0.965. The van der Waals surface area contributed by atoms with Gasteiger partial charge in [0.25, 0.3) is 0 Å². The summed E-state index contributed by atoms with van der Waals surface area (Å²) < 4.78 is 4.81. The van der Waals surface area contributed by atoms with Crippen LogP contribution in [0, 0.1) is 5.92 Å². The lowest BCUT2D eigenvalue weighted by atomic mass is 10.0. The van der Waals surface area contributed by atoms with Gasteiger partial charge in [0.2, 0.25) is 0 Å². The zero-order valence-electron chi connectivity index (χ0n) is 6.89. The predicted octanol–water partition coefficient (Wildman–Crippen LogP) is 1.66. The first-order valence-electron chi connectivity index (χ1n) is 3.84. The molecule has 0 spiro atoms. The average molecular weight is 155 g/mol. The van der Waals surface area contributed by atoms with E-state index in [1.807, 2.05) is 13.0 Å². The molecule has 0 aliphatic carbocycles. The molecule has 1 amide bonds. The minimum atomic E-state index is -0.331. The second-order valence-electron chi connectivity index (χ2n) is 2.69. The first kappa shape index (κ1) is 8.11. The van der Waals surface area contributed by atoms with Crippen molar-refractivity contribution in [1.82, 2.24) is 5.32 Å². The third-order valence-electron chi connectivity index (χ3n) is 1.87. The lowest BCUT2D eigenvalue weighted by molar-refractivity contribution is 0.152. The lowest BCUT2D eigenvalue weighted by Crippen LogP contribution is -2.22. The summed E-state index contributed by atoms with van der Waals surface area (Å²) in [5.74, 6) is 0.395. The number of carbonyl (C=O) groups excluding carboxylic acids is 1. The number of amides is 1. The van der Waals surface area contributed by atoms with Crippen molar-refractivity contribution in [2.24, 2.45) is 5.92 Å². The van der Waals surface area contributed by atoms with Crippen LogP contribution in [0.1, 0.15) is 20.3 Å². The van der Waals surface area contributed by atoms with Crippen LogP contribution in [0.15, 0.2) is 11.8 Å². The maximum absolute atomic E-state index is 10.8. The Bertz CT molecular complexity index is 187. The van der Waals surface area contributed by atoms with E-state index in [2.05, 4.69) is 12.2 Å². The molecule has 1 unspecified atom stereocenters. The van der Waals surface area contributed by atoms with Crippen molar-refractivity contribution in [3.8, 4) is 0 Å². The van der Waals surface area contributed by atoms with Crippen molar-refractivity contribution in [3.63, 3.8) is 0 Å². The number of rotatable bonds is 0. The minimum absolute atomic E-state index is 0.331. The number of hydrogen-bond donors (Lipinski definition) is 1. The van der Waals surface area contributed by atoms with Crippen molar-refractivity contribution in [1.29, 1.82) is 0 Å². The number of carbonyl (C=O) groups is 1. The van der Waals surface area contributed by atoms with Crippen LogP contribution in [0.4, 0.5) is 4.79 Å². The summed E-state index contributed by atoms with van der Waals surface area (Å²) >= 11 is 0. The molecule has 1 rings (SSSR count). The number of hydrogen-bond acceptors (Lipinski definition) is 2. The van der Waals surface area contributed by atoms with E-state index < -0.39 is 0 Å². The SMILES string of the molecule is C/C=C1/NC(=O)OCCC1C.